The number of benzene rings is 1. The molecule has 0 aliphatic heterocycles. The van der Waals surface area contributed by atoms with Crippen LogP contribution in [0.3, 0.4) is 0 Å². The Bertz CT molecular complexity index is 654. The number of carbonyl (C=O) groups excluding carboxylic acids is 1. The zero-order valence-corrected chi connectivity index (χ0v) is 14.1. The lowest BCUT2D eigenvalue weighted by molar-refractivity contribution is -0.123. The van der Waals surface area contributed by atoms with Crippen LogP contribution in [0.2, 0.25) is 0 Å². The third-order valence-corrected chi connectivity index (χ3v) is 4.59. The van der Waals surface area contributed by atoms with Gasteiger partial charge in [-0.05, 0) is 49.1 Å². The first-order valence-corrected chi connectivity index (χ1v) is 7.99. The second kappa shape index (κ2) is 7.38. The first-order valence-electron chi connectivity index (χ1n) is 6.32. The van der Waals surface area contributed by atoms with Gasteiger partial charge >= 0.3 is 0 Å². The topological polar surface area (TPSA) is 50.7 Å². The number of halogens is 1. The number of nitrogens with zero attached hydrogens (tertiary/aromatic N) is 1. The molecule has 1 heterocycles. The van der Waals surface area contributed by atoms with E-state index in [2.05, 4.69) is 26.5 Å². The van der Waals surface area contributed by atoms with Gasteiger partial charge < -0.3 is 4.74 Å². The average Bonchev–Trinajstić information content (AvgIpc) is 3.00. The molecule has 0 atom stereocenters. The minimum atomic E-state index is -0.286. The standard InChI is InChI=1S/C15H15BrN2O2S/c1-10-8-12(5-6-13(10)16)20-9-15(19)18-17-11(2)14-4-3-7-21-14/h3-8H,9H2,1-2H3,(H,18,19)/b17-11+. The van der Waals surface area contributed by atoms with E-state index in [9.17, 15) is 4.79 Å². The first kappa shape index (κ1) is 15.7. The highest BCUT2D eigenvalue weighted by Crippen LogP contribution is 2.21. The molecule has 1 aromatic heterocycles. The Balaban J connectivity index is 1.85. The molecule has 1 N–H and O–H groups in total. The maximum Gasteiger partial charge on any atom is 0.277 e. The number of carbonyl (C=O) groups is 1. The summed E-state index contributed by atoms with van der Waals surface area (Å²) in [5, 5.41) is 6.02. The van der Waals surface area contributed by atoms with Gasteiger partial charge in [0.25, 0.3) is 5.91 Å². The molecular formula is C15H15BrN2O2S. The zero-order chi connectivity index (χ0) is 15.2. The van der Waals surface area contributed by atoms with Crippen molar-refractivity contribution in [1.82, 2.24) is 5.43 Å². The number of nitrogens with one attached hydrogen (secondary N) is 1. The largest absolute Gasteiger partial charge is 0.484 e. The second-order valence-corrected chi connectivity index (χ2v) is 6.21. The van der Waals surface area contributed by atoms with Gasteiger partial charge in [0.15, 0.2) is 6.61 Å². The monoisotopic (exact) mass is 366 g/mol. The summed E-state index contributed by atoms with van der Waals surface area (Å²) in [7, 11) is 0. The van der Waals surface area contributed by atoms with E-state index in [1.165, 1.54) is 0 Å². The van der Waals surface area contributed by atoms with Crippen LogP contribution >= 0.6 is 27.3 Å². The van der Waals surface area contributed by atoms with E-state index in [1.807, 2.05) is 49.6 Å². The molecule has 2 rings (SSSR count). The Morgan fingerprint density at radius 2 is 2.24 bits per heavy atom. The Morgan fingerprint density at radius 1 is 1.43 bits per heavy atom. The van der Waals surface area contributed by atoms with Crippen molar-refractivity contribution in [3.8, 4) is 5.75 Å². The lowest BCUT2D eigenvalue weighted by atomic mass is 10.2. The second-order valence-electron chi connectivity index (χ2n) is 4.41. The summed E-state index contributed by atoms with van der Waals surface area (Å²) in [6.07, 6.45) is 0. The highest BCUT2D eigenvalue weighted by molar-refractivity contribution is 9.10. The van der Waals surface area contributed by atoms with Gasteiger partial charge in [0.1, 0.15) is 5.75 Å². The molecule has 0 unspecified atom stereocenters. The van der Waals surface area contributed by atoms with Crippen molar-refractivity contribution in [2.75, 3.05) is 6.61 Å². The van der Waals surface area contributed by atoms with Crippen LogP contribution in [0.1, 0.15) is 17.4 Å². The van der Waals surface area contributed by atoms with Crippen molar-refractivity contribution in [3.63, 3.8) is 0 Å². The minimum Gasteiger partial charge on any atom is -0.484 e. The molecule has 0 saturated heterocycles. The van der Waals surface area contributed by atoms with E-state index in [4.69, 9.17) is 4.74 Å². The van der Waals surface area contributed by atoms with Crippen LogP contribution in [0.4, 0.5) is 0 Å². The highest BCUT2D eigenvalue weighted by Gasteiger charge is 2.04. The SMILES string of the molecule is C/C(=N\NC(=O)COc1ccc(Br)c(C)c1)c1cccs1. The van der Waals surface area contributed by atoms with E-state index in [1.54, 1.807) is 11.3 Å². The molecule has 0 radical (unpaired) electrons. The Morgan fingerprint density at radius 3 is 2.90 bits per heavy atom. The predicted molar refractivity (Wildman–Crippen MR) is 89.0 cm³/mol. The van der Waals surface area contributed by atoms with Crippen molar-refractivity contribution < 1.29 is 9.53 Å². The van der Waals surface area contributed by atoms with Crippen LogP contribution in [0.25, 0.3) is 0 Å². The number of aryl methyl sites for hydroxylation is 1. The van der Waals surface area contributed by atoms with Crippen molar-refractivity contribution in [2.24, 2.45) is 5.10 Å². The highest BCUT2D eigenvalue weighted by atomic mass is 79.9. The quantitative estimate of drug-likeness (QED) is 0.647. The Hall–Kier alpha value is -1.66. The maximum atomic E-state index is 11.7. The van der Waals surface area contributed by atoms with Crippen LogP contribution in [0.15, 0.2) is 45.3 Å². The van der Waals surface area contributed by atoms with Crippen molar-refractivity contribution >= 4 is 38.9 Å². The molecule has 0 fully saturated rings. The summed E-state index contributed by atoms with van der Waals surface area (Å²) in [6.45, 7) is 3.75. The molecule has 0 aliphatic carbocycles. The van der Waals surface area contributed by atoms with Gasteiger partial charge in [-0.1, -0.05) is 22.0 Å². The number of amides is 1. The fourth-order valence-electron chi connectivity index (χ4n) is 1.57. The number of rotatable bonds is 5. The van der Waals surface area contributed by atoms with Crippen LogP contribution in [0, 0.1) is 6.92 Å². The van der Waals surface area contributed by atoms with Crippen LogP contribution in [-0.4, -0.2) is 18.2 Å². The lowest BCUT2D eigenvalue weighted by Crippen LogP contribution is -2.25. The summed E-state index contributed by atoms with van der Waals surface area (Å²) in [5.74, 6) is 0.372. The molecule has 6 heteroatoms. The van der Waals surface area contributed by atoms with E-state index in [0.29, 0.717) is 5.75 Å². The molecule has 4 nitrogen and oxygen atoms in total. The maximum absolute atomic E-state index is 11.7. The van der Waals surface area contributed by atoms with Gasteiger partial charge in [-0.15, -0.1) is 11.3 Å². The van der Waals surface area contributed by atoms with E-state index in [0.717, 1.165) is 20.6 Å². The van der Waals surface area contributed by atoms with Gasteiger partial charge in [0.05, 0.1) is 5.71 Å². The number of hydrogen-bond acceptors (Lipinski definition) is 4. The molecule has 21 heavy (non-hydrogen) atoms. The van der Waals surface area contributed by atoms with E-state index < -0.39 is 0 Å². The fourth-order valence-corrected chi connectivity index (χ4v) is 2.50. The molecule has 1 aromatic carbocycles. The molecular weight excluding hydrogens is 352 g/mol. The molecule has 1 amide bonds. The minimum absolute atomic E-state index is 0.0672. The van der Waals surface area contributed by atoms with E-state index in [-0.39, 0.29) is 12.5 Å². The number of hydrogen-bond donors (Lipinski definition) is 1. The first-order chi connectivity index (χ1) is 10.1. The van der Waals surface area contributed by atoms with Crippen LogP contribution < -0.4 is 10.2 Å². The van der Waals surface area contributed by atoms with Gasteiger partial charge in [0, 0.05) is 9.35 Å². The molecule has 0 aliphatic rings. The predicted octanol–water partition coefficient (Wildman–Crippen LogP) is 3.74. The van der Waals surface area contributed by atoms with Gasteiger partial charge in [-0.25, -0.2) is 5.43 Å². The number of hydrazone groups is 1. The lowest BCUT2D eigenvalue weighted by Gasteiger charge is -2.07. The van der Waals surface area contributed by atoms with Gasteiger partial charge in [-0.3, -0.25) is 4.79 Å². The molecule has 0 spiro atoms. The van der Waals surface area contributed by atoms with Crippen LogP contribution in [0.5, 0.6) is 5.75 Å². The Labute approximate surface area is 136 Å². The van der Waals surface area contributed by atoms with Crippen molar-refractivity contribution in [3.05, 3.63) is 50.6 Å². The summed E-state index contributed by atoms with van der Waals surface area (Å²) in [4.78, 5) is 12.7. The normalized spacial score (nSPS) is 11.3. The van der Waals surface area contributed by atoms with Gasteiger partial charge in [0.2, 0.25) is 0 Å². The van der Waals surface area contributed by atoms with Crippen LogP contribution in [-0.2, 0) is 4.79 Å². The molecule has 0 saturated carbocycles. The van der Waals surface area contributed by atoms with Crippen molar-refractivity contribution in [2.45, 2.75) is 13.8 Å². The molecule has 110 valence electrons. The fraction of sp³-hybridized carbons (Fsp3) is 0.200. The number of thiophene rings is 1. The zero-order valence-electron chi connectivity index (χ0n) is 11.7. The smallest absolute Gasteiger partial charge is 0.277 e. The van der Waals surface area contributed by atoms with E-state index >= 15 is 0 Å². The summed E-state index contributed by atoms with van der Waals surface area (Å²) >= 11 is 5.00. The number of ether oxygens (including phenoxy) is 1. The summed E-state index contributed by atoms with van der Waals surface area (Å²) in [5.41, 5.74) is 4.32. The Kier molecular flexibility index (Phi) is 5.52. The third-order valence-electron chi connectivity index (χ3n) is 2.73. The summed E-state index contributed by atoms with van der Waals surface area (Å²) < 4.78 is 6.44. The summed E-state index contributed by atoms with van der Waals surface area (Å²) in [6, 6.07) is 9.47. The molecule has 0 bridgehead atoms. The van der Waals surface area contributed by atoms with Crippen molar-refractivity contribution in [1.29, 1.82) is 0 Å². The average molecular weight is 367 g/mol. The third kappa shape index (κ3) is 4.68. The molecule has 2 aromatic rings. The van der Waals surface area contributed by atoms with Gasteiger partial charge in [-0.2, -0.15) is 5.10 Å².